The molecule has 6 heteroatoms. The number of hydrogen-bond donors (Lipinski definition) is 1. The van der Waals surface area contributed by atoms with Gasteiger partial charge in [-0.2, -0.15) is 5.10 Å². The highest BCUT2D eigenvalue weighted by atomic mass is 16.5. The Morgan fingerprint density at radius 1 is 1.36 bits per heavy atom. The van der Waals surface area contributed by atoms with Gasteiger partial charge in [0, 0.05) is 18.3 Å². The summed E-state index contributed by atoms with van der Waals surface area (Å²) in [4.78, 5) is 16.0. The molecule has 1 aromatic carbocycles. The highest BCUT2D eigenvalue weighted by Gasteiger charge is 2.14. The number of hydrogen-bond acceptors (Lipinski definition) is 5. The molecule has 0 saturated heterocycles. The fraction of sp³-hybridized carbons (Fsp3) is 0.188. The fourth-order valence-corrected chi connectivity index (χ4v) is 2.45. The first kappa shape index (κ1) is 14.2. The van der Waals surface area contributed by atoms with Gasteiger partial charge < -0.3 is 10.5 Å². The van der Waals surface area contributed by atoms with Crippen molar-refractivity contribution in [3.63, 3.8) is 0 Å². The Hall–Kier alpha value is -2.73. The van der Waals surface area contributed by atoms with Gasteiger partial charge in [-0.3, -0.25) is 0 Å². The SMILES string of the molecule is COC(=O)c1cc2c(-c3ccc(CN)c(C)c3)ncnn2c1. The van der Waals surface area contributed by atoms with Crippen LogP contribution < -0.4 is 5.73 Å². The van der Waals surface area contributed by atoms with Crippen LogP contribution in [0.25, 0.3) is 16.8 Å². The van der Waals surface area contributed by atoms with E-state index in [2.05, 4.69) is 10.1 Å². The van der Waals surface area contributed by atoms with Crippen molar-refractivity contribution in [2.45, 2.75) is 13.5 Å². The number of rotatable bonds is 3. The Balaban J connectivity index is 2.16. The van der Waals surface area contributed by atoms with Crippen LogP contribution in [0.2, 0.25) is 0 Å². The standard InChI is InChI=1S/C16H16N4O2/c1-10-5-11(3-4-12(10)7-17)15-14-6-13(16(21)22-2)8-20(14)19-9-18-15/h3-6,8-9H,7,17H2,1-2H3. The maximum Gasteiger partial charge on any atom is 0.339 e. The highest BCUT2D eigenvalue weighted by molar-refractivity contribution is 5.92. The maximum absolute atomic E-state index is 11.7. The topological polar surface area (TPSA) is 82.5 Å². The maximum atomic E-state index is 11.7. The molecule has 0 amide bonds. The minimum absolute atomic E-state index is 0.397. The molecule has 0 saturated carbocycles. The van der Waals surface area contributed by atoms with E-state index in [4.69, 9.17) is 10.5 Å². The minimum atomic E-state index is -0.397. The number of fused-ring (bicyclic) bond motifs is 1. The van der Waals surface area contributed by atoms with Crippen LogP contribution in [0.15, 0.2) is 36.8 Å². The number of nitrogens with two attached hydrogens (primary N) is 1. The fourth-order valence-electron chi connectivity index (χ4n) is 2.45. The van der Waals surface area contributed by atoms with Crippen LogP contribution in [0, 0.1) is 6.92 Å². The van der Waals surface area contributed by atoms with Gasteiger partial charge in [0.05, 0.1) is 23.9 Å². The van der Waals surface area contributed by atoms with Gasteiger partial charge in [0.1, 0.15) is 6.33 Å². The molecule has 2 N–H and O–H groups in total. The number of aromatic nitrogens is 3. The van der Waals surface area contributed by atoms with Crippen molar-refractivity contribution in [3.05, 3.63) is 53.5 Å². The van der Waals surface area contributed by atoms with Crippen LogP contribution in [0.1, 0.15) is 21.5 Å². The van der Waals surface area contributed by atoms with Crippen molar-refractivity contribution in [1.82, 2.24) is 14.6 Å². The third kappa shape index (κ3) is 2.33. The molecular weight excluding hydrogens is 280 g/mol. The second-order valence-corrected chi connectivity index (χ2v) is 5.00. The summed E-state index contributed by atoms with van der Waals surface area (Å²) in [5.74, 6) is -0.397. The van der Waals surface area contributed by atoms with Crippen LogP contribution >= 0.6 is 0 Å². The normalized spacial score (nSPS) is 10.9. The average Bonchev–Trinajstić information content (AvgIpc) is 2.98. The van der Waals surface area contributed by atoms with Crippen molar-refractivity contribution in [3.8, 4) is 11.3 Å². The number of methoxy groups -OCH3 is 1. The lowest BCUT2D eigenvalue weighted by Gasteiger charge is -2.07. The monoisotopic (exact) mass is 296 g/mol. The molecule has 0 spiro atoms. The molecule has 0 bridgehead atoms. The van der Waals surface area contributed by atoms with E-state index >= 15 is 0 Å². The van der Waals surface area contributed by atoms with E-state index < -0.39 is 5.97 Å². The molecule has 2 aromatic heterocycles. The quantitative estimate of drug-likeness (QED) is 0.747. The molecular formula is C16H16N4O2. The molecule has 0 radical (unpaired) electrons. The Bertz CT molecular complexity index is 854. The summed E-state index contributed by atoms with van der Waals surface area (Å²) in [6, 6.07) is 7.73. The highest BCUT2D eigenvalue weighted by Crippen LogP contribution is 2.25. The summed E-state index contributed by atoms with van der Waals surface area (Å²) in [5, 5.41) is 4.14. The Morgan fingerprint density at radius 2 is 2.18 bits per heavy atom. The number of aryl methyl sites for hydroxylation is 1. The van der Waals surface area contributed by atoms with E-state index in [0.29, 0.717) is 12.1 Å². The third-order valence-corrected chi connectivity index (χ3v) is 3.66. The summed E-state index contributed by atoms with van der Waals surface area (Å²) in [7, 11) is 1.35. The molecule has 0 atom stereocenters. The molecule has 0 fully saturated rings. The largest absolute Gasteiger partial charge is 0.465 e. The summed E-state index contributed by atoms with van der Waals surface area (Å²) in [6.45, 7) is 2.52. The second kappa shape index (κ2) is 5.57. The van der Waals surface area contributed by atoms with Crippen molar-refractivity contribution in [2.24, 2.45) is 5.73 Å². The molecule has 2 heterocycles. The molecule has 3 aromatic rings. The lowest BCUT2D eigenvalue weighted by molar-refractivity contribution is 0.0601. The van der Waals surface area contributed by atoms with E-state index in [-0.39, 0.29) is 0 Å². The van der Waals surface area contributed by atoms with Gasteiger partial charge in [0.15, 0.2) is 0 Å². The molecule has 112 valence electrons. The number of carbonyl (C=O) groups is 1. The second-order valence-electron chi connectivity index (χ2n) is 5.00. The van der Waals surface area contributed by atoms with E-state index in [1.165, 1.54) is 13.4 Å². The van der Waals surface area contributed by atoms with E-state index in [0.717, 1.165) is 27.9 Å². The van der Waals surface area contributed by atoms with Gasteiger partial charge in [0.2, 0.25) is 0 Å². The minimum Gasteiger partial charge on any atom is -0.465 e. The van der Waals surface area contributed by atoms with Crippen molar-refractivity contribution in [1.29, 1.82) is 0 Å². The smallest absolute Gasteiger partial charge is 0.339 e. The number of ether oxygens (including phenoxy) is 1. The average molecular weight is 296 g/mol. The van der Waals surface area contributed by atoms with Crippen molar-refractivity contribution < 1.29 is 9.53 Å². The predicted molar refractivity (Wildman–Crippen MR) is 82.4 cm³/mol. The lowest BCUT2D eigenvalue weighted by atomic mass is 10.0. The first-order valence-electron chi connectivity index (χ1n) is 6.85. The summed E-state index contributed by atoms with van der Waals surface area (Å²) in [6.07, 6.45) is 3.10. The van der Waals surface area contributed by atoms with Crippen molar-refractivity contribution in [2.75, 3.05) is 7.11 Å². The van der Waals surface area contributed by atoms with Crippen LogP contribution in [-0.4, -0.2) is 27.7 Å². The molecule has 0 unspecified atom stereocenters. The van der Waals surface area contributed by atoms with Gasteiger partial charge in [0.25, 0.3) is 0 Å². The Labute approximate surface area is 127 Å². The number of benzene rings is 1. The van der Waals surface area contributed by atoms with E-state index in [1.807, 2.05) is 25.1 Å². The molecule has 22 heavy (non-hydrogen) atoms. The molecule has 3 rings (SSSR count). The lowest BCUT2D eigenvalue weighted by Crippen LogP contribution is -2.00. The van der Waals surface area contributed by atoms with Gasteiger partial charge in [-0.25, -0.2) is 14.3 Å². The zero-order chi connectivity index (χ0) is 15.7. The first-order valence-corrected chi connectivity index (χ1v) is 6.85. The number of nitrogens with zero attached hydrogens (tertiary/aromatic N) is 3. The van der Waals surface area contributed by atoms with Crippen LogP contribution in [0.4, 0.5) is 0 Å². The molecule has 0 aliphatic rings. The molecule has 0 aliphatic heterocycles. The van der Waals surface area contributed by atoms with Crippen molar-refractivity contribution >= 4 is 11.5 Å². The third-order valence-electron chi connectivity index (χ3n) is 3.66. The van der Waals surface area contributed by atoms with Gasteiger partial charge in [-0.15, -0.1) is 0 Å². The predicted octanol–water partition coefficient (Wildman–Crippen LogP) is 1.95. The van der Waals surface area contributed by atoms with E-state index in [9.17, 15) is 4.79 Å². The zero-order valence-electron chi connectivity index (χ0n) is 12.4. The van der Waals surface area contributed by atoms with Gasteiger partial charge in [-0.05, 0) is 30.2 Å². The van der Waals surface area contributed by atoms with Crippen LogP contribution in [-0.2, 0) is 11.3 Å². The van der Waals surface area contributed by atoms with Gasteiger partial charge >= 0.3 is 5.97 Å². The summed E-state index contributed by atoms with van der Waals surface area (Å²) >= 11 is 0. The Morgan fingerprint density at radius 3 is 2.86 bits per heavy atom. The molecule has 6 nitrogen and oxygen atoms in total. The zero-order valence-corrected chi connectivity index (χ0v) is 12.4. The van der Waals surface area contributed by atoms with Crippen LogP contribution in [0.5, 0.6) is 0 Å². The first-order chi connectivity index (χ1) is 10.6. The number of esters is 1. The summed E-state index contributed by atoms with van der Waals surface area (Å²) < 4.78 is 6.37. The Kier molecular flexibility index (Phi) is 3.60. The van der Waals surface area contributed by atoms with Crippen LogP contribution in [0.3, 0.4) is 0 Å². The van der Waals surface area contributed by atoms with Gasteiger partial charge in [-0.1, -0.05) is 12.1 Å². The van der Waals surface area contributed by atoms with E-state index in [1.54, 1.807) is 16.8 Å². The number of carbonyl (C=O) groups excluding carboxylic acids is 1. The molecule has 0 aliphatic carbocycles. The summed E-state index contributed by atoms with van der Waals surface area (Å²) in [5.41, 5.74) is 10.8.